The standard InChI is InChI=1S/C15H32N2/c1-12(2)7-6-8-14(5)17-10-9-16-15(11-17)13(3)4/h12-16H,6-11H2,1-5H3. The molecule has 2 unspecified atom stereocenters. The van der Waals surface area contributed by atoms with Crippen LogP contribution >= 0.6 is 0 Å². The van der Waals surface area contributed by atoms with Gasteiger partial charge in [-0.1, -0.05) is 40.5 Å². The Bertz CT molecular complexity index is 201. The van der Waals surface area contributed by atoms with E-state index in [0.717, 1.165) is 24.4 Å². The van der Waals surface area contributed by atoms with Crippen LogP contribution < -0.4 is 5.32 Å². The fourth-order valence-corrected chi connectivity index (χ4v) is 2.65. The van der Waals surface area contributed by atoms with Gasteiger partial charge in [0.2, 0.25) is 0 Å². The first kappa shape index (κ1) is 15.0. The van der Waals surface area contributed by atoms with Crippen molar-refractivity contribution in [2.75, 3.05) is 19.6 Å². The monoisotopic (exact) mass is 240 g/mol. The van der Waals surface area contributed by atoms with Crippen LogP contribution in [0, 0.1) is 11.8 Å². The van der Waals surface area contributed by atoms with E-state index in [4.69, 9.17) is 0 Å². The highest BCUT2D eigenvalue weighted by molar-refractivity contribution is 4.83. The first-order valence-electron chi connectivity index (χ1n) is 7.48. The molecule has 2 atom stereocenters. The molecule has 1 saturated heterocycles. The maximum atomic E-state index is 3.64. The van der Waals surface area contributed by atoms with Crippen LogP contribution in [0.5, 0.6) is 0 Å². The summed E-state index contributed by atoms with van der Waals surface area (Å²) in [6, 6.07) is 1.45. The number of nitrogens with one attached hydrogen (secondary N) is 1. The molecule has 2 nitrogen and oxygen atoms in total. The van der Waals surface area contributed by atoms with Crippen LogP contribution in [-0.4, -0.2) is 36.6 Å². The van der Waals surface area contributed by atoms with Crippen molar-refractivity contribution in [2.45, 2.75) is 66.0 Å². The lowest BCUT2D eigenvalue weighted by atomic mass is 9.99. The highest BCUT2D eigenvalue weighted by Crippen LogP contribution is 2.16. The van der Waals surface area contributed by atoms with Gasteiger partial charge in [-0.25, -0.2) is 0 Å². The van der Waals surface area contributed by atoms with Crippen LogP contribution in [0.1, 0.15) is 53.9 Å². The summed E-state index contributed by atoms with van der Waals surface area (Å²) >= 11 is 0. The minimum atomic E-state index is 0.691. The van der Waals surface area contributed by atoms with Gasteiger partial charge in [0.25, 0.3) is 0 Å². The molecule has 0 saturated carbocycles. The average molecular weight is 240 g/mol. The minimum absolute atomic E-state index is 0.691. The van der Waals surface area contributed by atoms with E-state index in [9.17, 15) is 0 Å². The second-order valence-electron chi connectivity index (χ2n) is 6.47. The highest BCUT2D eigenvalue weighted by atomic mass is 15.2. The van der Waals surface area contributed by atoms with Crippen molar-refractivity contribution >= 4 is 0 Å². The summed E-state index contributed by atoms with van der Waals surface area (Å²) in [5.74, 6) is 1.61. The number of hydrogen-bond donors (Lipinski definition) is 1. The third-order valence-electron chi connectivity index (χ3n) is 4.07. The van der Waals surface area contributed by atoms with E-state index in [2.05, 4.69) is 44.8 Å². The van der Waals surface area contributed by atoms with E-state index >= 15 is 0 Å². The molecule has 1 N–H and O–H groups in total. The Morgan fingerprint density at radius 1 is 1.12 bits per heavy atom. The summed E-state index contributed by atoms with van der Waals surface area (Å²) in [7, 11) is 0. The Balaban J connectivity index is 2.28. The molecule has 102 valence electrons. The SMILES string of the molecule is CC(C)CCCC(C)N1CCNC(C(C)C)C1. The molecule has 0 spiro atoms. The van der Waals surface area contributed by atoms with Crippen molar-refractivity contribution in [1.82, 2.24) is 10.2 Å². The summed E-state index contributed by atoms with van der Waals surface area (Å²) in [5.41, 5.74) is 0. The lowest BCUT2D eigenvalue weighted by Gasteiger charge is -2.39. The number of hydrogen-bond acceptors (Lipinski definition) is 2. The Kier molecular flexibility index (Phi) is 6.50. The van der Waals surface area contributed by atoms with Crippen LogP contribution in [0.25, 0.3) is 0 Å². The fourth-order valence-electron chi connectivity index (χ4n) is 2.65. The van der Waals surface area contributed by atoms with Crippen LogP contribution in [0.2, 0.25) is 0 Å². The van der Waals surface area contributed by atoms with Gasteiger partial charge >= 0.3 is 0 Å². The lowest BCUT2D eigenvalue weighted by molar-refractivity contribution is 0.127. The van der Waals surface area contributed by atoms with Gasteiger partial charge < -0.3 is 5.32 Å². The fraction of sp³-hybridized carbons (Fsp3) is 1.00. The van der Waals surface area contributed by atoms with Gasteiger partial charge in [0.1, 0.15) is 0 Å². The van der Waals surface area contributed by atoms with Gasteiger partial charge in [-0.05, 0) is 25.2 Å². The molecule has 0 amide bonds. The summed E-state index contributed by atoms with van der Waals surface area (Å²) < 4.78 is 0. The number of rotatable bonds is 6. The zero-order valence-corrected chi connectivity index (χ0v) is 12.5. The second kappa shape index (κ2) is 7.38. The van der Waals surface area contributed by atoms with Gasteiger partial charge in [-0.15, -0.1) is 0 Å². The maximum absolute atomic E-state index is 3.64. The smallest absolute Gasteiger partial charge is 0.0218 e. The molecular formula is C15H32N2. The van der Waals surface area contributed by atoms with Crippen molar-refractivity contribution in [2.24, 2.45) is 11.8 Å². The van der Waals surface area contributed by atoms with Gasteiger partial charge in [0.05, 0.1) is 0 Å². The molecule has 0 aromatic rings. The Labute approximate surface area is 108 Å². The number of piperazine rings is 1. The van der Waals surface area contributed by atoms with Crippen LogP contribution in [-0.2, 0) is 0 Å². The molecular weight excluding hydrogens is 208 g/mol. The molecule has 1 aliphatic heterocycles. The normalized spacial score (nSPS) is 24.5. The molecule has 1 aliphatic rings. The van der Waals surface area contributed by atoms with E-state index in [-0.39, 0.29) is 0 Å². The molecule has 1 fully saturated rings. The van der Waals surface area contributed by atoms with Crippen LogP contribution in [0.4, 0.5) is 0 Å². The van der Waals surface area contributed by atoms with E-state index < -0.39 is 0 Å². The molecule has 17 heavy (non-hydrogen) atoms. The van der Waals surface area contributed by atoms with Crippen molar-refractivity contribution in [3.63, 3.8) is 0 Å². The first-order chi connectivity index (χ1) is 8.00. The van der Waals surface area contributed by atoms with Gasteiger partial charge in [-0.3, -0.25) is 4.90 Å². The third kappa shape index (κ3) is 5.39. The van der Waals surface area contributed by atoms with Crippen molar-refractivity contribution in [3.8, 4) is 0 Å². The predicted octanol–water partition coefficient (Wildman–Crippen LogP) is 3.13. The third-order valence-corrected chi connectivity index (χ3v) is 4.07. The molecule has 0 aromatic carbocycles. The van der Waals surface area contributed by atoms with E-state index in [1.807, 2.05) is 0 Å². The number of nitrogens with zero attached hydrogens (tertiary/aromatic N) is 1. The van der Waals surface area contributed by atoms with E-state index in [1.165, 1.54) is 32.4 Å². The van der Waals surface area contributed by atoms with E-state index in [1.54, 1.807) is 0 Å². The van der Waals surface area contributed by atoms with Crippen molar-refractivity contribution < 1.29 is 0 Å². The Hall–Kier alpha value is -0.0800. The predicted molar refractivity (Wildman–Crippen MR) is 76.4 cm³/mol. The zero-order chi connectivity index (χ0) is 12.8. The first-order valence-corrected chi connectivity index (χ1v) is 7.48. The van der Waals surface area contributed by atoms with Crippen LogP contribution in [0.3, 0.4) is 0 Å². The van der Waals surface area contributed by atoms with Gasteiger partial charge in [-0.2, -0.15) is 0 Å². The summed E-state index contributed by atoms with van der Waals surface area (Å²) in [4.78, 5) is 2.68. The molecule has 1 rings (SSSR count). The zero-order valence-electron chi connectivity index (χ0n) is 12.5. The quantitative estimate of drug-likeness (QED) is 0.767. The second-order valence-corrected chi connectivity index (χ2v) is 6.47. The Morgan fingerprint density at radius 3 is 2.41 bits per heavy atom. The topological polar surface area (TPSA) is 15.3 Å². The molecule has 2 heteroatoms. The highest BCUT2D eigenvalue weighted by Gasteiger charge is 2.24. The molecule has 0 aromatic heterocycles. The van der Waals surface area contributed by atoms with Crippen molar-refractivity contribution in [3.05, 3.63) is 0 Å². The summed E-state index contributed by atoms with van der Waals surface area (Å²) in [5, 5.41) is 3.64. The maximum Gasteiger partial charge on any atom is 0.0218 e. The Morgan fingerprint density at radius 2 is 1.82 bits per heavy atom. The minimum Gasteiger partial charge on any atom is -0.311 e. The van der Waals surface area contributed by atoms with Crippen LogP contribution in [0.15, 0.2) is 0 Å². The molecule has 1 heterocycles. The molecule has 0 bridgehead atoms. The van der Waals surface area contributed by atoms with E-state index in [0.29, 0.717) is 6.04 Å². The van der Waals surface area contributed by atoms with Gasteiger partial charge in [0.15, 0.2) is 0 Å². The molecule has 0 radical (unpaired) electrons. The average Bonchev–Trinajstić information content (AvgIpc) is 2.28. The van der Waals surface area contributed by atoms with Gasteiger partial charge in [0, 0.05) is 31.7 Å². The largest absolute Gasteiger partial charge is 0.311 e. The molecule has 0 aliphatic carbocycles. The lowest BCUT2D eigenvalue weighted by Crippen LogP contribution is -2.55. The summed E-state index contributed by atoms with van der Waals surface area (Å²) in [6.45, 7) is 15.3. The van der Waals surface area contributed by atoms with Crippen molar-refractivity contribution in [1.29, 1.82) is 0 Å². The summed E-state index contributed by atoms with van der Waals surface area (Å²) in [6.07, 6.45) is 4.13.